The maximum Gasteiger partial charge on any atom is 0.0209 e. The summed E-state index contributed by atoms with van der Waals surface area (Å²) in [5.74, 6) is 0. The van der Waals surface area contributed by atoms with Gasteiger partial charge >= 0.3 is 0 Å². The van der Waals surface area contributed by atoms with Crippen LogP contribution in [0.25, 0.3) is 0 Å². The second-order valence-electron chi connectivity index (χ2n) is 4.27. The molecule has 0 aliphatic rings. The monoisotopic (exact) mass is 298 g/mol. The minimum absolute atomic E-state index is 0.951. The molecule has 0 spiro atoms. The van der Waals surface area contributed by atoms with Gasteiger partial charge in [0.15, 0.2) is 0 Å². The van der Waals surface area contributed by atoms with Crippen LogP contribution in [0.2, 0.25) is 0 Å². The first-order valence-electron chi connectivity index (χ1n) is 6.35. The molecule has 0 saturated heterocycles. The maximum atomic E-state index is 3.51. The highest BCUT2D eigenvalue weighted by Crippen LogP contribution is 2.15. The Bertz CT molecular complexity index is 335. The zero-order valence-electron chi connectivity index (χ0n) is 11.1. The number of nitrogens with zero attached hydrogens (tertiary/aromatic N) is 1. The van der Waals surface area contributed by atoms with E-state index in [1.165, 1.54) is 11.1 Å². The first-order valence-corrected chi connectivity index (χ1v) is 7.14. The zero-order valence-corrected chi connectivity index (χ0v) is 12.7. The van der Waals surface area contributed by atoms with E-state index in [4.69, 9.17) is 0 Å². The van der Waals surface area contributed by atoms with Crippen LogP contribution in [0.3, 0.4) is 0 Å². The summed E-state index contributed by atoms with van der Waals surface area (Å²) in [6.45, 7) is 12.0. The van der Waals surface area contributed by atoms with E-state index in [0.717, 1.165) is 37.2 Å². The molecule has 0 atom stereocenters. The summed E-state index contributed by atoms with van der Waals surface area (Å²) in [4.78, 5) is 2.43. The van der Waals surface area contributed by atoms with Gasteiger partial charge in [0.2, 0.25) is 0 Å². The highest BCUT2D eigenvalue weighted by molar-refractivity contribution is 9.10. The Morgan fingerprint density at radius 1 is 1.24 bits per heavy atom. The number of hydrogen-bond donors (Lipinski definition) is 1. The van der Waals surface area contributed by atoms with Crippen LogP contribution < -0.4 is 5.32 Å². The third kappa shape index (κ3) is 5.19. The van der Waals surface area contributed by atoms with E-state index < -0.39 is 0 Å². The van der Waals surface area contributed by atoms with Crippen LogP contribution in [0.4, 0.5) is 0 Å². The molecule has 0 aliphatic heterocycles. The lowest BCUT2D eigenvalue weighted by Gasteiger charge is -2.18. The number of benzene rings is 1. The lowest BCUT2D eigenvalue weighted by Crippen LogP contribution is -2.31. The third-order valence-electron chi connectivity index (χ3n) is 3.13. The summed E-state index contributed by atoms with van der Waals surface area (Å²) in [5.41, 5.74) is 2.72. The number of hydrogen-bond acceptors (Lipinski definition) is 2. The second kappa shape index (κ2) is 7.85. The summed E-state index contributed by atoms with van der Waals surface area (Å²) in [5, 5.41) is 3.51. The maximum absolute atomic E-state index is 3.51. The van der Waals surface area contributed by atoms with Crippen molar-refractivity contribution in [3.63, 3.8) is 0 Å². The van der Waals surface area contributed by atoms with Crippen molar-refractivity contribution >= 4 is 15.9 Å². The SMILES string of the molecule is CCN(CC)CCNCc1cc(Br)ccc1C. The number of nitrogens with one attached hydrogen (secondary N) is 1. The molecule has 0 radical (unpaired) electrons. The van der Waals surface area contributed by atoms with E-state index in [0.29, 0.717) is 0 Å². The Balaban J connectivity index is 2.33. The average molecular weight is 299 g/mol. The minimum atomic E-state index is 0.951. The van der Waals surface area contributed by atoms with E-state index in [1.807, 2.05) is 0 Å². The lowest BCUT2D eigenvalue weighted by atomic mass is 10.1. The van der Waals surface area contributed by atoms with Crippen molar-refractivity contribution in [3.8, 4) is 0 Å². The van der Waals surface area contributed by atoms with E-state index >= 15 is 0 Å². The lowest BCUT2D eigenvalue weighted by molar-refractivity contribution is 0.302. The van der Waals surface area contributed by atoms with Gasteiger partial charge in [-0.05, 0) is 43.3 Å². The third-order valence-corrected chi connectivity index (χ3v) is 3.62. The summed E-state index contributed by atoms with van der Waals surface area (Å²) in [6.07, 6.45) is 0. The van der Waals surface area contributed by atoms with Crippen molar-refractivity contribution in [2.75, 3.05) is 26.2 Å². The van der Waals surface area contributed by atoms with E-state index in [-0.39, 0.29) is 0 Å². The standard InChI is InChI=1S/C14H23BrN2/c1-4-17(5-2)9-8-16-11-13-10-14(15)7-6-12(13)3/h6-7,10,16H,4-5,8-9,11H2,1-3H3. The molecule has 1 rings (SSSR count). The molecule has 1 aromatic rings. The number of rotatable bonds is 7. The Labute approximate surface area is 114 Å². The molecule has 96 valence electrons. The Morgan fingerprint density at radius 2 is 1.94 bits per heavy atom. The molecular weight excluding hydrogens is 276 g/mol. The largest absolute Gasteiger partial charge is 0.311 e. The van der Waals surface area contributed by atoms with Crippen LogP contribution in [0, 0.1) is 6.92 Å². The van der Waals surface area contributed by atoms with Crippen molar-refractivity contribution in [2.24, 2.45) is 0 Å². The first kappa shape index (κ1) is 14.7. The second-order valence-corrected chi connectivity index (χ2v) is 5.19. The minimum Gasteiger partial charge on any atom is -0.311 e. The molecular formula is C14H23BrN2. The highest BCUT2D eigenvalue weighted by Gasteiger charge is 2.00. The molecule has 17 heavy (non-hydrogen) atoms. The molecule has 3 heteroatoms. The summed E-state index contributed by atoms with van der Waals surface area (Å²) in [6, 6.07) is 6.44. The van der Waals surface area contributed by atoms with Crippen LogP contribution in [-0.4, -0.2) is 31.1 Å². The van der Waals surface area contributed by atoms with Gasteiger partial charge in [-0.15, -0.1) is 0 Å². The predicted octanol–water partition coefficient (Wildman–Crippen LogP) is 3.19. The van der Waals surface area contributed by atoms with Gasteiger partial charge in [-0.3, -0.25) is 0 Å². The molecule has 0 amide bonds. The molecule has 0 unspecified atom stereocenters. The van der Waals surface area contributed by atoms with Crippen LogP contribution in [0.1, 0.15) is 25.0 Å². The van der Waals surface area contributed by atoms with E-state index in [2.05, 4.69) is 65.1 Å². The molecule has 2 nitrogen and oxygen atoms in total. The molecule has 0 fully saturated rings. The fourth-order valence-electron chi connectivity index (χ4n) is 1.83. The number of aryl methyl sites for hydroxylation is 1. The summed E-state index contributed by atoms with van der Waals surface area (Å²) < 4.78 is 1.16. The van der Waals surface area contributed by atoms with Gasteiger partial charge in [-0.1, -0.05) is 35.8 Å². The van der Waals surface area contributed by atoms with Crippen molar-refractivity contribution in [3.05, 3.63) is 33.8 Å². The van der Waals surface area contributed by atoms with Crippen molar-refractivity contribution in [1.29, 1.82) is 0 Å². The van der Waals surface area contributed by atoms with Crippen molar-refractivity contribution in [2.45, 2.75) is 27.3 Å². The highest BCUT2D eigenvalue weighted by atomic mass is 79.9. The van der Waals surface area contributed by atoms with Gasteiger partial charge in [0.05, 0.1) is 0 Å². The summed E-state index contributed by atoms with van der Waals surface area (Å²) in [7, 11) is 0. The molecule has 1 aromatic carbocycles. The van der Waals surface area contributed by atoms with Gasteiger partial charge in [-0.25, -0.2) is 0 Å². The fourth-order valence-corrected chi connectivity index (χ4v) is 2.24. The van der Waals surface area contributed by atoms with Gasteiger partial charge in [0, 0.05) is 24.1 Å². The van der Waals surface area contributed by atoms with Gasteiger partial charge in [-0.2, -0.15) is 0 Å². The van der Waals surface area contributed by atoms with Crippen LogP contribution >= 0.6 is 15.9 Å². The number of likely N-dealkylation sites (N-methyl/N-ethyl adjacent to an activating group) is 1. The van der Waals surface area contributed by atoms with Gasteiger partial charge in [0.25, 0.3) is 0 Å². The topological polar surface area (TPSA) is 15.3 Å². The van der Waals surface area contributed by atoms with Gasteiger partial charge < -0.3 is 10.2 Å². The average Bonchev–Trinajstić information content (AvgIpc) is 2.33. The molecule has 0 bridgehead atoms. The molecule has 0 aromatic heterocycles. The van der Waals surface area contributed by atoms with Crippen LogP contribution in [0.15, 0.2) is 22.7 Å². The van der Waals surface area contributed by atoms with Crippen molar-refractivity contribution in [1.82, 2.24) is 10.2 Å². The van der Waals surface area contributed by atoms with Crippen LogP contribution in [-0.2, 0) is 6.54 Å². The Kier molecular flexibility index (Phi) is 6.78. The predicted molar refractivity (Wildman–Crippen MR) is 78.4 cm³/mol. The molecule has 0 heterocycles. The normalized spacial score (nSPS) is 11.1. The zero-order chi connectivity index (χ0) is 12.7. The quantitative estimate of drug-likeness (QED) is 0.778. The summed E-state index contributed by atoms with van der Waals surface area (Å²) >= 11 is 3.51. The van der Waals surface area contributed by atoms with Crippen molar-refractivity contribution < 1.29 is 0 Å². The Morgan fingerprint density at radius 3 is 2.59 bits per heavy atom. The van der Waals surface area contributed by atoms with E-state index in [1.54, 1.807) is 0 Å². The fraction of sp³-hybridized carbons (Fsp3) is 0.571. The van der Waals surface area contributed by atoms with Crippen LogP contribution in [0.5, 0.6) is 0 Å². The Hall–Kier alpha value is -0.380. The smallest absolute Gasteiger partial charge is 0.0209 e. The first-order chi connectivity index (χ1) is 8.17. The van der Waals surface area contributed by atoms with Gasteiger partial charge in [0.1, 0.15) is 0 Å². The van der Waals surface area contributed by atoms with E-state index in [9.17, 15) is 0 Å². The molecule has 1 N–H and O–H groups in total. The molecule has 0 saturated carbocycles. The molecule has 0 aliphatic carbocycles. The number of halogens is 1.